The van der Waals surface area contributed by atoms with E-state index in [2.05, 4.69) is 59.1 Å². The van der Waals surface area contributed by atoms with Crippen molar-refractivity contribution < 1.29 is 4.52 Å². The van der Waals surface area contributed by atoms with Crippen molar-refractivity contribution in [2.45, 2.75) is 26.6 Å². The van der Waals surface area contributed by atoms with Gasteiger partial charge in [-0.15, -0.1) is 0 Å². The fourth-order valence-corrected chi connectivity index (χ4v) is 3.76. The van der Waals surface area contributed by atoms with Crippen molar-refractivity contribution in [3.8, 4) is 0 Å². The summed E-state index contributed by atoms with van der Waals surface area (Å²) in [5, 5.41) is 7.58. The lowest BCUT2D eigenvalue weighted by Gasteiger charge is -2.36. The van der Waals surface area contributed by atoms with Crippen LogP contribution in [0.15, 0.2) is 58.3 Å². The molecule has 158 valence electrons. The van der Waals surface area contributed by atoms with E-state index in [1.807, 2.05) is 38.5 Å². The normalized spacial score (nSPS) is 15.5. The Bertz CT molecular complexity index is 955. The molecule has 0 aliphatic carbocycles. The number of aromatic nitrogens is 3. The quantitative estimate of drug-likeness (QED) is 0.498. The van der Waals surface area contributed by atoms with Crippen LogP contribution in [0.25, 0.3) is 0 Å². The topological polar surface area (TPSA) is 74.7 Å². The molecule has 3 heterocycles. The lowest BCUT2D eigenvalue weighted by molar-refractivity contribution is 0.169. The zero-order valence-electron chi connectivity index (χ0n) is 17.7. The molecule has 0 radical (unpaired) electrons. The van der Waals surface area contributed by atoms with Crippen LogP contribution in [-0.4, -0.2) is 63.7 Å². The van der Waals surface area contributed by atoms with E-state index in [9.17, 15) is 0 Å². The third-order valence-electron chi connectivity index (χ3n) is 5.35. The summed E-state index contributed by atoms with van der Waals surface area (Å²) in [7, 11) is 1.84. The van der Waals surface area contributed by atoms with Gasteiger partial charge >= 0.3 is 0 Å². The maximum absolute atomic E-state index is 5.17. The Morgan fingerprint density at radius 2 is 1.93 bits per heavy atom. The van der Waals surface area contributed by atoms with E-state index in [1.54, 1.807) is 0 Å². The number of rotatable bonds is 6. The summed E-state index contributed by atoms with van der Waals surface area (Å²) in [6.45, 7) is 8.00. The van der Waals surface area contributed by atoms with Crippen LogP contribution in [0.1, 0.15) is 22.8 Å². The SMILES string of the molecule is CN=C(NCc1nccn1Cc1ccccc1)N1CCN(Cc2cc(C)on2)CC1. The van der Waals surface area contributed by atoms with Crippen molar-refractivity contribution in [3.63, 3.8) is 0 Å². The highest BCUT2D eigenvalue weighted by atomic mass is 16.5. The largest absolute Gasteiger partial charge is 0.361 e. The number of hydrogen-bond donors (Lipinski definition) is 1. The standard InChI is InChI=1S/C22H29N7O/c1-18-14-20(26-30-18)17-27-10-12-28(13-11-27)22(23-2)25-15-21-24-8-9-29(21)16-19-6-4-3-5-7-19/h3-9,14H,10-13,15-17H2,1-2H3,(H,23,25). The lowest BCUT2D eigenvalue weighted by atomic mass is 10.2. The molecule has 0 spiro atoms. The van der Waals surface area contributed by atoms with Gasteiger partial charge in [0, 0.05) is 64.8 Å². The lowest BCUT2D eigenvalue weighted by Crippen LogP contribution is -2.52. The van der Waals surface area contributed by atoms with Gasteiger partial charge in [0.2, 0.25) is 0 Å². The van der Waals surface area contributed by atoms with Crippen LogP contribution >= 0.6 is 0 Å². The summed E-state index contributed by atoms with van der Waals surface area (Å²) in [4.78, 5) is 13.7. The van der Waals surface area contributed by atoms with Crippen molar-refractivity contribution >= 4 is 5.96 Å². The Kier molecular flexibility index (Phi) is 6.44. The summed E-state index contributed by atoms with van der Waals surface area (Å²) in [6, 6.07) is 12.4. The number of piperazine rings is 1. The van der Waals surface area contributed by atoms with E-state index in [1.165, 1.54) is 5.56 Å². The zero-order chi connectivity index (χ0) is 20.8. The monoisotopic (exact) mass is 407 g/mol. The smallest absolute Gasteiger partial charge is 0.194 e. The Labute approximate surface area is 177 Å². The number of imidazole rings is 1. The maximum Gasteiger partial charge on any atom is 0.194 e. The molecule has 0 bridgehead atoms. The molecule has 0 unspecified atom stereocenters. The van der Waals surface area contributed by atoms with Crippen LogP contribution in [0.5, 0.6) is 0 Å². The van der Waals surface area contributed by atoms with Crippen LogP contribution in [0.4, 0.5) is 0 Å². The van der Waals surface area contributed by atoms with Gasteiger partial charge in [-0.2, -0.15) is 0 Å². The highest BCUT2D eigenvalue weighted by Gasteiger charge is 2.20. The summed E-state index contributed by atoms with van der Waals surface area (Å²) in [5.74, 6) is 2.78. The fourth-order valence-electron chi connectivity index (χ4n) is 3.76. The fraction of sp³-hybridized carbons (Fsp3) is 0.409. The number of hydrogen-bond acceptors (Lipinski definition) is 5. The minimum atomic E-state index is 0.644. The second-order valence-corrected chi connectivity index (χ2v) is 7.55. The van der Waals surface area contributed by atoms with E-state index in [-0.39, 0.29) is 0 Å². The summed E-state index contributed by atoms with van der Waals surface area (Å²) in [6.07, 6.45) is 3.88. The van der Waals surface area contributed by atoms with Crippen LogP contribution < -0.4 is 5.32 Å². The number of nitrogens with one attached hydrogen (secondary N) is 1. The summed E-state index contributed by atoms with van der Waals surface area (Å²) >= 11 is 0. The Balaban J connectivity index is 1.28. The highest BCUT2D eigenvalue weighted by molar-refractivity contribution is 5.79. The van der Waals surface area contributed by atoms with Gasteiger partial charge in [0.25, 0.3) is 0 Å². The molecule has 1 fully saturated rings. The predicted molar refractivity (Wildman–Crippen MR) is 116 cm³/mol. The summed E-state index contributed by atoms with van der Waals surface area (Å²) in [5.41, 5.74) is 2.26. The predicted octanol–water partition coefficient (Wildman–Crippen LogP) is 2.12. The van der Waals surface area contributed by atoms with Gasteiger partial charge < -0.3 is 19.3 Å². The molecule has 3 aromatic rings. The molecule has 30 heavy (non-hydrogen) atoms. The van der Waals surface area contributed by atoms with Gasteiger partial charge in [-0.3, -0.25) is 9.89 Å². The van der Waals surface area contributed by atoms with E-state index in [4.69, 9.17) is 4.52 Å². The van der Waals surface area contributed by atoms with E-state index in [0.29, 0.717) is 6.54 Å². The highest BCUT2D eigenvalue weighted by Crippen LogP contribution is 2.10. The number of aliphatic imine (C=N–C) groups is 1. The van der Waals surface area contributed by atoms with Crippen molar-refractivity contribution in [2.24, 2.45) is 4.99 Å². The Hall–Kier alpha value is -3.13. The second-order valence-electron chi connectivity index (χ2n) is 7.55. The first kappa shape index (κ1) is 20.2. The van der Waals surface area contributed by atoms with Crippen molar-refractivity contribution in [3.05, 3.63) is 71.6 Å². The van der Waals surface area contributed by atoms with Gasteiger partial charge in [0.1, 0.15) is 11.6 Å². The first-order valence-corrected chi connectivity index (χ1v) is 10.4. The van der Waals surface area contributed by atoms with E-state index >= 15 is 0 Å². The zero-order valence-corrected chi connectivity index (χ0v) is 17.7. The molecule has 1 saturated heterocycles. The maximum atomic E-state index is 5.17. The molecule has 8 nitrogen and oxygen atoms in total. The van der Waals surface area contributed by atoms with Crippen LogP contribution in [0.2, 0.25) is 0 Å². The number of nitrogens with zero attached hydrogens (tertiary/aromatic N) is 6. The molecule has 0 saturated carbocycles. The first-order chi connectivity index (χ1) is 14.7. The van der Waals surface area contributed by atoms with Crippen molar-refractivity contribution in [1.82, 2.24) is 29.8 Å². The van der Waals surface area contributed by atoms with Gasteiger partial charge in [-0.1, -0.05) is 35.5 Å². The summed E-state index contributed by atoms with van der Waals surface area (Å²) < 4.78 is 7.35. The number of guanidine groups is 1. The van der Waals surface area contributed by atoms with Gasteiger partial charge in [-0.25, -0.2) is 4.98 Å². The molecular formula is C22H29N7O. The van der Waals surface area contributed by atoms with Crippen molar-refractivity contribution in [2.75, 3.05) is 33.2 Å². The minimum absolute atomic E-state index is 0.644. The van der Waals surface area contributed by atoms with E-state index < -0.39 is 0 Å². The Morgan fingerprint density at radius 3 is 2.63 bits per heavy atom. The van der Waals surface area contributed by atoms with Gasteiger partial charge in [-0.05, 0) is 12.5 Å². The molecule has 1 aromatic carbocycles. The molecule has 1 aliphatic heterocycles. The first-order valence-electron chi connectivity index (χ1n) is 10.4. The molecule has 4 rings (SSSR count). The third-order valence-corrected chi connectivity index (χ3v) is 5.35. The van der Waals surface area contributed by atoms with Crippen LogP contribution in [0.3, 0.4) is 0 Å². The molecule has 0 amide bonds. The minimum Gasteiger partial charge on any atom is -0.361 e. The van der Waals surface area contributed by atoms with Crippen LogP contribution in [-0.2, 0) is 19.6 Å². The molecule has 2 aromatic heterocycles. The molecule has 0 atom stereocenters. The molecule has 1 N–H and O–H groups in total. The Morgan fingerprint density at radius 1 is 1.13 bits per heavy atom. The number of benzene rings is 1. The number of aryl methyl sites for hydroxylation is 1. The average Bonchev–Trinajstić information content (AvgIpc) is 3.39. The van der Waals surface area contributed by atoms with Gasteiger partial charge in [0.05, 0.1) is 12.2 Å². The molecule has 1 aliphatic rings. The van der Waals surface area contributed by atoms with Crippen LogP contribution in [0, 0.1) is 6.92 Å². The van der Waals surface area contributed by atoms with E-state index in [0.717, 1.165) is 62.5 Å². The molecular weight excluding hydrogens is 378 g/mol. The molecule has 8 heteroatoms. The third kappa shape index (κ3) is 5.07. The average molecular weight is 408 g/mol. The van der Waals surface area contributed by atoms with Gasteiger partial charge in [0.15, 0.2) is 5.96 Å². The second kappa shape index (κ2) is 9.58. The van der Waals surface area contributed by atoms with Crippen molar-refractivity contribution in [1.29, 1.82) is 0 Å².